The van der Waals surface area contributed by atoms with Gasteiger partial charge < -0.3 is 10.0 Å². The summed E-state index contributed by atoms with van der Waals surface area (Å²) in [5.41, 5.74) is 1.25. The number of nitro benzene ring substituents is 1. The fourth-order valence-electron chi connectivity index (χ4n) is 3.62. The number of hydrogen-bond donors (Lipinski definition) is 1. The third-order valence-electron chi connectivity index (χ3n) is 4.93. The first-order chi connectivity index (χ1) is 13.0. The Hall–Kier alpha value is -2.13. The van der Waals surface area contributed by atoms with Crippen molar-refractivity contribution < 1.29 is 10.0 Å². The molecule has 140 valence electrons. The average Bonchev–Trinajstić information content (AvgIpc) is 3.23. The van der Waals surface area contributed by atoms with Crippen molar-refractivity contribution in [2.75, 3.05) is 5.75 Å². The Labute approximate surface area is 168 Å². The van der Waals surface area contributed by atoms with Gasteiger partial charge in [0, 0.05) is 24.1 Å². The minimum absolute atomic E-state index is 0.203. The summed E-state index contributed by atoms with van der Waals surface area (Å²) in [6, 6.07) is 8.75. The number of aliphatic imine (C=N–C) groups is 1. The molecule has 0 amide bonds. The van der Waals surface area contributed by atoms with Crippen molar-refractivity contribution in [2.24, 2.45) is 4.99 Å². The summed E-state index contributed by atoms with van der Waals surface area (Å²) in [6.07, 6.45) is 2.69. The van der Waals surface area contributed by atoms with E-state index in [9.17, 15) is 15.2 Å². The number of hydrogen-bond acceptors (Lipinski definition) is 7. The first-order valence-electron chi connectivity index (χ1n) is 8.58. The normalized spacial score (nSPS) is 24.0. The predicted molar refractivity (Wildman–Crippen MR) is 108 cm³/mol. The van der Waals surface area contributed by atoms with Gasteiger partial charge in [-0.2, -0.15) is 0 Å². The van der Waals surface area contributed by atoms with Crippen LogP contribution in [0.2, 0.25) is 0 Å². The summed E-state index contributed by atoms with van der Waals surface area (Å²) in [4.78, 5) is 22.5. The Morgan fingerprint density at radius 1 is 1.44 bits per heavy atom. The number of halogens is 1. The highest BCUT2D eigenvalue weighted by molar-refractivity contribution is 9.10. The Morgan fingerprint density at radius 3 is 2.93 bits per heavy atom. The quantitative estimate of drug-likeness (QED) is 0.548. The van der Waals surface area contributed by atoms with E-state index >= 15 is 0 Å². The molecule has 2 aliphatic rings. The standard InChI is InChI=1S/C18H17BrN4O3S/c1-2-11-9-27-18-21-15(13-5-3-4-6-20-13)16(22(11)18)10-7-12(19)17(24)14(8-10)23(25)26/h3-8,11,15-16,24H,2,9H2,1H3/t11-,15-,16+/m1/s1. The van der Waals surface area contributed by atoms with E-state index < -0.39 is 4.92 Å². The maximum atomic E-state index is 11.4. The number of aromatic hydroxyl groups is 1. The summed E-state index contributed by atoms with van der Waals surface area (Å²) >= 11 is 4.98. The van der Waals surface area contributed by atoms with Crippen LogP contribution < -0.4 is 0 Å². The van der Waals surface area contributed by atoms with Crippen LogP contribution in [0, 0.1) is 10.1 Å². The molecule has 3 heterocycles. The van der Waals surface area contributed by atoms with Crippen LogP contribution in [-0.4, -0.2) is 36.9 Å². The first-order valence-corrected chi connectivity index (χ1v) is 10.4. The van der Waals surface area contributed by atoms with Gasteiger partial charge in [-0.1, -0.05) is 24.8 Å². The third kappa shape index (κ3) is 3.08. The second-order valence-corrected chi connectivity index (χ2v) is 8.31. The zero-order valence-electron chi connectivity index (χ0n) is 14.4. The second kappa shape index (κ2) is 7.12. The van der Waals surface area contributed by atoms with E-state index in [1.807, 2.05) is 18.2 Å². The van der Waals surface area contributed by atoms with Gasteiger partial charge >= 0.3 is 5.69 Å². The van der Waals surface area contributed by atoms with Gasteiger partial charge in [0.25, 0.3) is 0 Å². The van der Waals surface area contributed by atoms with E-state index in [0.717, 1.165) is 28.6 Å². The third-order valence-corrected chi connectivity index (χ3v) is 6.66. The van der Waals surface area contributed by atoms with Gasteiger partial charge in [0.2, 0.25) is 5.75 Å². The lowest BCUT2D eigenvalue weighted by molar-refractivity contribution is -0.386. The summed E-state index contributed by atoms with van der Waals surface area (Å²) in [5.74, 6) is 0.586. The molecule has 1 N–H and O–H groups in total. The van der Waals surface area contributed by atoms with E-state index in [1.54, 1.807) is 24.0 Å². The number of phenolic OH excluding ortho intramolecular Hbond substituents is 1. The maximum absolute atomic E-state index is 11.4. The molecule has 1 fully saturated rings. The number of benzene rings is 1. The van der Waals surface area contributed by atoms with Crippen molar-refractivity contribution in [1.82, 2.24) is 9.88 Å². The van der Waals surface area contributed by atoms with Crippen molar-refractivity contribution >= 4 is 38.5 Å². The van der Waals surface area contributed by atoms with E-state index in [-0.39, 0.29) is 23.5 Å². The number of rotatable bonds is 4. The van der Waals surface area contributed by atoms with Crippen LogP contribution in [-0.2, 0) is 0 Å². The molecule has 0 bridgehead atoms. The van der Waals surface area contributed by atoms with Crippen LogP contribution in [0.3, 0.4) is 0 Å². The highest BCUT2D eigenvalue weighted by atomic mass is 79.9. The molecule has 0 spiro atoms. The van der Waals surface area contributed by atoms with Crippen molar-refractivity contribution in [3.8, 4) is 5.75 Å². The fraction of sp³-hybridized carbons (Fsp3) is 0.333. The van der Waals surface area contributed by atoms with Gasteiger partial charge in [0.15, 0.2) is 5.17 Å². The molecule has 0 saturated carbocycles. The molecule has 1 saturated heterocycles. The average molecular weight is 449 g/mol. The molecule has 9 heteroatoms. The molecule has 0 unspecified atom stereocenters. The highest BCUT2D eigenvalue weighted by Gasteiger charge is 2.46. The number of aromatic nitrogens is 1. The number of nitro groups is 1. The minimum Gasteiger partial charge on any atom is -0.501 e. The molecule has 7 nitrogen and oxygen atoms in total. The zero-order chi connectivity index (χ0) is 19.1. The maximum Gasteiger partial charge on any atom is 0.312 e. The van der Waals surface area contributed by atoms with Gasteiger partial charge in [0.1, 0.15) is 6.04 Å². The molecule has 0 aliphatic carbocycles. The lowest BCUT2D eigenvalue weighted by atomic mass is 9.94. The number of nitrogens with zero attached hydrogens (tertiary/aromatic N) is 4. The molecular formula is C18H17BrN4O3S. The summed E-state index contributed by atoms with van der Waals surface area (Å²) < 4.78 is 0.305. The fourth-order valence-corrected chi connectivity index (χ4v) is 5.43. The molecule has 0 radical (unpaired) electrons. The summed E-state index contributed by atoms with van der Waals surface area (Å²) in [7, 11) is 0. The Bertz CT molecular complexity index is 924. The summed E-state index contributed by atoms with van der Waals surface area (Å²) in [5, 5.41) is 22.4. The largest absolute Gasteiger partial charge is 0.501 e. The molecule has 27 heavy (non-hydrogen) atoms. The number of thioether (sulfide) groups is 1. The van der Waals surface area contributed by atoms with Crippen LogP contribution in [0.25, 0.3) is 0 Å². The summed E-state index contributed by atoms with van der Waals surface area (Å²) in [6.45, 7) is 2.13. The molecular weight excluding hydrogens is 432 g/mol. The van der Waals surface area contributed by atoms with Crippen molar-refractivity contribution in [2.45, 2.75) is 31.5 Å². The SMILES string of the molecule is CC[C@@H]1CSC2=N[C@H](c3ccccn3)[C@H](c3cc(Br)c(O)c([N+](=O)[O-])c3)N21. The van der Waals surface area contributed by atoms with Gasteiger partial charge in [-0.05, 0) is 46.1 Å². The van der Waals surface area contributed by atoms with E-state index in [0.29, 0.717) is 10.5 Å². The van der Waals surface area contributed by atoms with Crippen molar-refractivity contribution in [3.05, 3.63) is 62.4 Å². The number of phenols is 1. The van der Waals surface area contributed by atoms with Gasteiger partial charge in [-0.15, -0.1) is 0 Å². The second-order valence-electron chi connectivity index (χ2n) is 6.46. The topological polar surface area (TPSA) is 91.9 Å². The van der Waals surface area contributed by atoms with Crippen LogP contribution in [0.15, 0.2) is 46.0 Å². The number of fused-ring (bicyclic) bond motifs is 1. The van der Waals surface area contributed by atoms with Gasteiger partial charge in [-0.25, -0.2) is 0 Å². The molecule has 2 aliphatic heterocycles. The molecule has 1 aromatic heterocycles. The molecule has 4 rings (SSSR count). The van der Waals surface area contributed by atoms with Crippen LogP contribution in [0.4, 0.5) is 5.69 Å². The van der Waals surface area contributed by atoms with Crippen molar-refractivity contribution in [1.29, 1.82) is 0 Å². The van der Waals surface area contributed by atoms with Crippen LogP contribution >= 0.6 is 27.7 Å². The molecule has 1 aromatic carbocycles. The first kappa shape index (κ1) is 18.2. The lowest BCUT2D eigenvalue weighted by Crippen LogP contribution is -2.35. The smallest absolute Gasteiger partial charge is 0.312 e. The Morgan fingerprint density at radius 2 is 2.26 bits per heavy atom. The lowest BCUT2D eigenvalue weighted by Gasteiger charge is -2.32. The van der Waals surface area contributed by atoms with Crippen LogP contribution in [0.1, 0.15) is 36.7 Å². The Kier molecular flexibility index (Phi) is 4.81. The highest BCUT2D eigenvalue weighted by Crippen LogP contribution is 2.50. The minimum atomic E-state index is -0.563. The van der Waals surface area contributed by atoms with E-state index in [2.05, 4.69) is 32.7 Å². The van der Waals surface area contributed by atoms with E-state index in [1.165, 1.54) is 6.07 Å². The number of pyridine rings is 1. The van der Waals surface area contributed by atoms with Gasteiger partial charge in [-0.3, -0.25) is 20.1 Å². The predicted octanol–water partition coefficient (Wildman–Crippen LogP) is 4.44. The van der Waals surface area contributed by atoms with Gasteiger partial charge in [0.05, 0.1) is 21.1 Å². The zero-order valence-corrected chi connectivity index (χ0v) is 16.9. The Balaban J connectivity index is 1.86. The van der Waals surface area contributed by atoms with Crippen molar-refractivity contribution in [3.63, 3.8) is 0 Å². The van der Waals surface area contributed by atoms with E-state index in [4.69, 9.17) is 4.99 Å². The monoisotopic (exact) mass is 448 g/mol. The molecule has 2 aromatic rings. The van der Waals surface area contributed by atoms with Crippen LogP contribution in [0.5, 0.6) is 5.75 Å². The molecule has 3 atom stereocenters. The number of amidine groups is 1.